The first-order valence-corrected chi connectivity index (χ1v) is 4.81. The molecule has 1 heteroatoms. The van der Waals surface area contributed by atoms with Crippen LogP contribution in [0.15, 0.2) is 0 Å². The molecule has 1 aliphatic carbocycles. The van der Waals surface area contributed by atoms with Crippen molar-refractivity contribution in [3.8, 4) is 0 Å². The zero-order chi connectivity index (χ0) is 8.43. The highest BCUT2D eigenvalue weighted by Crippen LogP contribution is 2.34. The van der Waals surface area contributed by atoms with E-state index in [2.05, 4.69) is 20.8 Å². The van der Waals surface area contributed by atoms with E-state index in [0.717, 1.165) is 12.3 Å². The third-order valence-corrected chi connectivity index (χ3v) is 3.03. The fourth-order valence-electron chi connectivity index (χ4n) is 2.51. The van der Waals surface area contributed by atoms with E-state index in [1.165, 1.54) is 12.8 Å². The van der Waals surface area contributed by atoms with Crippen molar-refractivity contribution >= 4 is 0 Å². The number of hydrogen-bond acceptors (Lipinski definition) is 1. The Labute approximate surface area is 69.8 Å². The minimum absolute atomic E-state index is 0.0289. The average molecular weight is 156 g/mol. The van der Waals surface area contributed by atoms with Gasteiger partial charge in [0.05, 0.1) is 6.10 Å². The van der Waals surface area contributed by atoms with E-state index in [0.29, 0.717) is 11.8 Å². The second-order valence-corrected chi connectivity index (χ2v) is 4.30. The maximum absolute atomic E-state index is 9.71. The molecule has 3 atom stereocenters. The predicted octanol–water partition coefficient (Wildman–Crippen LogP) is 2.44. The number of hydrogen-bond donors (Lipinski definition) is 1. The van der Waals surface area contributed by atoms with Gasteiger partial charge in [-0.1, -0.05) is 33.6 Å². The van der Waals surface area contributed by atoms with Crippen molar-refractivity contribution in [2.75, 3.05) is 0 Å². The molecule has 1 nitrogen and oxygen atoms in total. The second kappa shape index (κ2) is 3.57. The molecule has 0 aromatic heterocycles. The summed E-state index contributed by atoms with van der Waals surface area (Å²) in [5.74, 6) is 1.91. The van der Waals surface area contributed by atoms with Crippen molar-refractivity contribution < 1.29 is 5.11 Å². The lowest BCUT2D eigenvalue weighted by Gasteiger charge is -2.36. The van der Waals surface area contributed by atoms with E-state index in [-0.39, 0.29) is 6.10 Å². The molecule has 0 heterocycles. The molecule has 0 unspecified atom stereocenters. The van der Waals surface area contributed by atoms with Gasteiger partial charge in [0.2, 0.25) is 0 Å². The first kappa shape index (κ1) is 9.05. The number of rotatable bonds is 1. The fourth-order valence-corrected chi connectivity index (χ4v) is 2.51. The highest BCUT2D eigenvalue weighted by Gasteiger charge is 2.31. The number of aliphatic hydroxyl groups is 1. The fraction of sp³-hybridized carbons (Fsp3) is 1.00. The molecule has 0 aromatic carbocycles. The summed E-state index contributed by atoms with van der Waals surface area (Å²) in [7, 11) is 0. The van der Waals surface area contributed by atoms with Gasteiger partial charge >= 0.3 is 0 Å². The van der Waals surface area contributed by atoms with Crippen LogP contribution >= 0.6 is 0 Å². The van der Waals surface area contributed by atoms with Crippen LogP contribution < -0.4 is 0 Å². The molecule has 0 spiro atoms. The van der Waals surface area contributed by atoms with Gasteiger partial charge < -0.3 is 5.11 Å². The van der Waals surface area contributed by atoms with Crippen LogP contribution in [-0.2, 0) is 0 Å². The molecule has 0 saturated heterocycles. The summed E-state index contributed by atoms with van der Waals surface area (Å²) in [6.45, 7) is 6.71. The molecule has 0 aliphatic heterocycles. The summed E-state index contributed by atoms with van der Waals surface area (Å²) in [4.78, 5) is 0. The van der Waals surface area contributed by atoms with Gasteiger partial charge in [-0.15, -0.1) is 0 Å². The van der Waals surface area contributed by atoms with E-state index in [1.807, 2.05) is 0 Å². The van der Waals surface area contributed by atoms with Crippen LogP contribution in [0.25, 0.3) is 0 Å². The molecule has 0 aromatic rings. The molecular weight excluding hydrogens is 136 g/mol. The van der Waals surface area contributed by atoms with Gasteiger partial charge in [0.1, 0.15) is 0 Å². The topological polar surface area (TPSA) is 20.2 Å². The van der Waals surface area contributed by atoms with Crippen LogP contribution in [0.5, 0.6) is 0 Å². The Bertz CT molecular complexity index is 110. The van der Waals surface area contributed by atoms with E-state index < -0.39 is 0 Å². The molecular formula is C10H20O. The third kappa shape index (κ3) is 1.96. The van der Waals surface area contributed by atoms with Gasteiger partial charge in [-0.3, -0.25) is 0 Å². The first-order chi connectivity index (χ1) is 5.13. The average Bonchev–Trinajstić information content (AvgIpc) is 1.85. The predicted molar refractivity (Wildman–Crippen MR) is 47.3 cm³/mol. The van der Waals surface area contributed by atoms with Gasteiger partial charge in [0, 0.05) is 0 Å². The summed E-state index contributed by atoms with van der Waals surface area (Å²) in [5.41, 5.74) is 0. The van der Waals surface area contributed by atoms with Crippen molar-refractivity contribution in [1.29, 1.82) is 0 Å². The largest absolute Gasteiger partial charge is 0.393 e. The van der Waals surface area contributed by atoms with Crippen molar-refractivity contribution in [1.82, 2.24) is 0 Å². The minimum Gasteiger partial charge on any atom is -0.393 e. The Balaban J connectivity index is 2.55. The molecule has 1 N–H and O–H groups in total. The van der Waals surface area contributed by atoms with Gasteiger partial charge in [0.25, 0.3) is 0 Å². The van der Waals surface area contributed by atoms with Crippen LogP contribution in [0.1, 0.15) is 40.0 Å². The Hall–Kier alpha value is -0.0400. The summed E-state index contributed by atoms with van der Waals surface area (Å²) >= 11 is 0. The van der Waals surface area contributed by atoms with E-state index in [9.17, 15) is 5.11 Å². The first-order valence-electron chi connectivity index (χ1n) is 4.81. The Morgan fingerprint density at radius 3 is 2.27 bits per heavy atom. The molecule has 0 bridgehead atoms. The van der Waals surface area contributed by atoms with Crippen molar-refractivity contribution in [2.45, 2.75) is 46.1 Å². The SMILES string of the molecule is CC(C)[C@@H]1[C@H](O)CCC[C@@H]1C. The van der Waals surface area contributed by atoms with Gasteiger partial charge in [0.15, 0.2) is 0 Å². The quantitative estimate of drug-likeness (QED) is 0.618. The van der Waals surface area contributed by atoms with E-state index >= 15 is 0 Å². The highest BCUT2D eigenvalue weighted by atomic mass is 16.3. The van der Waals surface area contributed by atoms with Crippen LogP contribution in [0, 0.1) is 17.8 Å². The van der Waals surface area contributed by atoms with E-state index in [1.54, 1.807) is 0 Å². The summed E-state index contributed by atoms with van der Waals surface area (Å²) in [6.07, 6.45) is 3.51. The van der Waals surface area contributed by atoms with Crippen molar-refractivity contribution in [3.05, 3.63) is 0 Å². The lowest BCUT2D eigenvalue weighted by atomic mass is 9.73. The summed E-state index contributed by atoms with van der Waals surface area (Å²) in [5, 5.41) is 9.71. The van der Waals surface area contributed by atoms with Crippen molar-refractivity contribution in [2.24, 2.45) is 17.8 Å². The van der Waals surface area contributed by atoms with E-state index in [4.69, 9.17) is 0 Å². The van der Waals surface area contributed by atoms with Crippen LogP contribution in [0.4, 0.5) is 0 Å². The Morgan fingerprint density at radius 1 is 1.27 bits per heavy atom. The molecule has 1 fully saturated rings. The zero-order valence-electron chi connectivity index (χ0n) is 7.88. The van der Waals surface area contributed by atoms with Crippen LogP contribution in [-0.4, -0.2) is 11.2 Å². The normalized spacial score (nSPS) is 39.5. The molecule has 0 radical (unpaired) electrons. The lowest BCUT2D eigenvalue weighted by molar-refractivity contribution is 0.0131. The summed E-state index contributed by atoms with van der Waals surface area (Å²) < 4.78 is 0. The van der Waals surface area contributed by atoms with Gasteiger partial charge in [-0.05, 0) is 24.2 Å². The molecule has 1 aliphatic rings. The van der Waals surface area contributed by atoms with Crippen molar-refractivity contribution in [3.63, 3.8) is 0 Å². The molecule has 11 heavy (non-hydrogen) atoms. The highest BCUT2D eigenvalue weighted by molar-refractivity contribution is 4.81. The van der Waals surface area contributed by atoms with Crippen LogP contribution in [0.2, 0.25) is 0 Å². The zero-order valence-corrected chi connectivity index (χ0v) is 7.88. The minimum atomic E-state index is -0.0289. The molecule has 66 valence electrons. The van der Waals surface area contributed by atoms with Gasteiger partial charge in [-0.25, -0.2) is 0 Å². The number of aliphatic hydroxyl groups excluding tert-OH is 1. The molecule has 1 saturated carbocycles. The summed E-state index contributed by atoms with van der Waals surface area (Å²) in [6, 6.07) is 0. The Kier molecular flexibility index (Phi) is 2.94. The third-order valence-electron chi connectivity index (χ3n) is 3.03. The van der Waals surface area contributed by atoms with Gasteiger partial charge in [-0.2, -0.15) is 0 Å². The van der Waals surface area contributed by atoms with Crippen LogP contribution in [0.3, 0.4) is 0 Å². The lowest BCUT2D eigenvalue weighted by Crippen LogP contribution is -2.34. The molecule has 0 amide bonds. The standard InChI is InChI=1S/C10H20O/c1-7(2)10-8(3)5-4-6-9(10)11/h7-11H,4-6H2,1-3H3/t8-,9+,10-/m0/s1. The smallest absolute Gasteiger partial charge is 0.0573 e. The monoisotopic (exact) mass is 156 g/mol. The maximum atomic E-state index is 9.71. The maximum Gasteiger partial charge on any atom is 0.0573 e. The molecule has 1 rings (SSSR count). The Morgan fingerprint density at radius 2 is 1.91 bits per heavy atom. The second-order valence-electron chi connectivity index (χ2n) is 4.30.